The van der Waals surface area contributed by atoms with Crippen molar-refractivity contribution in [2.24, 2.45) is 0 Å². The van der Waals surface area contributed by atoms with E-state index in [4.69, 9.17) is 0 Å². The molecular weight excluding hydrogens is 410 g/mol. The van der Waals surface area contributed by atoms with Crippen LogP contribution >= 0.6 is 11.5 Å². The van der Waals surface area contributed by atoms with E-state index in [1.807, 2.05) is 24.5 Å². The van der Waals surface area contributed by atoms with E-state index in [2.05, 4.69) is 32.1 Å². The van der Waals surface area contributed by atoms with Crippen molar-refractivity contribution < 1.29 is 20.1 Å². The summed E-state index contributed by atoms with van der Waals surface area (Å²) in [7, 11) is 0. The van der Waals surface area contributed by atoms with Gasteiger partial charge in [0.1, 0.15) is 0 Å². The fourth-order valence-corrected chi connectivity index (χ4v) is 2.83. The molecule has 0 fully saturated rings. The Morgan fingerprint density at radius 1 is 1.24 bits per heavy atom. The Balaban J connectivity index is 0.000000902. The Bertz CT molecular complexity index is 749. The quantitative estimate of drug-likeness (QED) is 0.413. The molecule has 4 rings (SSSR count). The second-order valence-electron chi connectivity index (χ2n) is 3.64. The molecule has 17 heavy (non-hydrogen) atoms. The summed E-state index contributed by atoms with van der Waals surface area (Å²) in [6.07, 6.45) is 6.81. The molecular formula is C12H6IrN3S-. The molecule has 3 heterocycles. The predicted octanol–water partition coefficient (Wildman–Crippen LogP) is 2.89. The topological polar surface area (TPSA) is 30.2 Å². The van der Waals surface area contributed by atoms with Crippen LogP contribution in [-0.4, -0.2) is 13.8 Å². The average Bonchev–Trinajstić information content (AvgIpc) is 2.98. The van der Waals surface area contributed by atoms with Gasteiger partial charge in [0.15, 0.2) is 0 Å². The van der Waals surface area contributed by atoms with Gasteiger partial charge in [-0.2, -0.15) is 0 Å². The molecule has 0 amide bonds. The molecule has 0 N–H and O–H groups in total. The zero-order valence-corrected chi connectivity index (χ0v) is 11.8. The summed E-state index contributed by atoms with van der Waals surface area (Å²) < 4.78 is 7.39. The Morgan fingerprint density at radius 3 is 3.06 bits per heavy atom. The first-order valence-corrected chi connectivity index (χ1v) is 5.73. The molecule has 0 atom stereocenters. The molecule has 0 aliphatic rings. The summed E-state index contributed by atoms with van der Waals surface area (Å²) in [5.41, 5.74) is 2.10. The number of hydrogen-bond donors (Lipinski definition) is 0. The Kier molecular flexibility index (Phi) is 2.47. The minimum absolute atomic E-state index is 0. The molecule has 0 unspecified atom stereocenters. The van der Waals surface area contributed by atoms with Crippen LogP contribution in [0.1, 0.15) is 0 Å². The zero-order valence-electron chi connectivity index (χ0n) is 8.55. The van der Waals surface area contributed by atoms with E-state index >= 15 is 0 Å². The third kappa shape index (κ3) is 1.37. The van der Waals surface area contributed by atoms with Gasteiger partial charge in [-0.05, 0) is 16.2 Å². The summed E-state index contributed by atoms with van der Waals surface area (Å²) in [5, 5.41) is 2.22. The van der Waals surface area contributed by atoms with Gasteiger partial charge >= 0.3 is 0 Å². The van der Waals surface area contributed by atoms with Crippen molar-refractivity contribution in [2.75, 3.05) is 0 Å². The number of para-hydroxylation sites is 1. The number of rotatable bonds is 0. The minimum Gasteiger partial charge on any atom is -0.354 e. The second-order valence-corrected chi connectivity index (χ2v) is 4.41. The van der Waals surface area contributed by atoms with Crippen molar-refractivity contribution in [1.29, 1.82) is 0 Å². The molecule has 0 aliphatic carbocycles. The fourth-order valence-electron chi connectivity index (χ4n) is 2.10. The normalized spacial score (nSPS) is 11.1. The second kappa shape index (κ2) is 3.88. The summed E-state index contributed by atoms with van der Waals surface area (Å²) in [6, 6.07) is 8.30. The number of hydrogen-bond acceptors (Lipinski definition) is 3. The van der Waals surface area contributed by atoms with E-state index in [1.165, 1.54) is 22.4 Å². The molecule has 0 bridgehead atoms. The van der Waals surface area contributed by atoms with Crippen molar-refractivity contribution in [1.82, 2.24) is 13.8 Å². The average molecular weight is 416 g/mol. The van der Waals surface area contributed by atoms with Gasteiger partial charge in [-0.3, -0.25) is 4.37 Å². The maximum atomic E-state index is 4.37. The van der Waals surface area contributed by atoms with Crippen LogP contribution in [-0.2, 0) is 20.1 Å². The van der Waals surface area contributed by atoms with Crippen LogP contribution in [0.15, 0.2) is 36.7 Å². The fraction of sp³-hybridized carbons (Fsp3) is 0. The van der Waals surface area contributed by atoms with Crippen LogP contribution in [0, 0.1) is 6.20 Å². The van der Waals surface area contributed by atoms with E-state index in [1.54, 1.807) is 0 Å². The smallest absolute Gasteiger partial charge is 0.0342 e. The monoisotopic (exact) mass is 417 g/mol. The maximum absolute atomic E-state index is 4.37. The van der Waals surface area contributed by atoms with Crippen molar-refractivity contribution in [3.05, 3.63) is 42.9 Å². The standard InChI is InChI=1S/C12H6N3S.Ir/c1-2-4-10-8(3-1)11-9(7-14-16-11)12-13-5-6-15(10)12;/h1-6H;/q-1;. The Hall–Kier alpha value is -1.29. The van der Waals surface area contributed by atoms with Crippen molar-refractivity contribution in [3.8, 4) is 0 Å². The molecule has 1 aromatic carbocycles. The van der Waals surface area contributed by atoms with Gasteiger partial charge in [0.05, 0.1) is 0 Å². The van der Waals surface area contributed by atoms with Crippen LogP contribution in [0.3, 0.4) is 0 Å². The van der Waals surface area contributed by atoms with E-state index in [0.717, 1.165) is 15.7 Å². The molecule has 0 saturated carbocycles. The first-order chi connectivity index (χ1) is 7.95. The van der Waals surface area contributed by atoms with Gasteiger partial charge in [-0.15, -0.1) is 16.9 Å². The third-order valence-corrected chi connectivity index (χ3v) is 3.58. The Morgan fingerprint density at radius 2 is 2.12 bits per heavy atom. The minimum atomic E-state index is 0. The Labute approximate surface area is 115 Å². The molecule has 5 heteroatoms. The number of nitrogens with zero attached hydrogens (tertiary/aromatic N) is 3. The van der Waals surface area contributed by atoms with Gasteiger partial charge in [-0.25, -0.2) is 0 Å². The van der Waals surface area contributed by atoms with Gasteiger partial charge in [0, 0.05) is 43.7 Å². The first-order valence-electron chi connectivity index (χ1n) is 4.96. The van der Waals surface area contributed by atoms with Crippen molar-refractivity contribution in [2.45, 2.75) is 0 Å². The van der Waals surface area contributed by atoms with Crippen molar-refractivity contribution >= 4 is 38.2 Å². The number of benzene rings is 1. The van der Waals surface area contributed by atoms with Crippen LogP contribution in [0.4, 0.5) is 0 Å². The van der Waals surface area contributed by atoms with E-state index in [0.29, 0.717) is 0 Å². The van der Waals surface area contributed by atoms with E-state index < -0.39 is 0 Å². The maximum Gasteiger partial charge on any atom is 0.0342 e. The molecule has 0 saturated heterocycles. The zero-order chi connectivity index (χ0) is 10.5. The molecule has 0 spiro atoms. The third-order valence-electron chi connectivity index (χ3n) is 2.79. The van der Waals surface area contributed by atoms with E-state index in [-0.39, 0.29) is 20.1 Å². The number of pyridine rings is 1. The van der Waals surface area contributed by atoms with Gasteiger partial charge in [-0.1, -0.05) is 24.4 Å². The molecule has 1 radical (unpaired) electrons. The molecule has 4 aromatic rings. The summed E-state index contributed by atoms with van der Waals surface area (Å²) in [5.74, 6) is 0. The molecule has 3 aromatic heterocycles. The summed E-state index contributed by atoms with van der Waals surface area (Å²) >= 11 is 1.48. The molecule has 3 nitrogen and oxygen atoms in total. The van der Waals surface area contributed by atoms with E-state index in [9.17, 15) is 0 Å². The van der Waals surface area contributed by atoms with Crippen molar-refractivity contribution in [3.63, 3.8) is 0 Å². The van der Waals surface area contributed by atoms with Crippen LogP contribution < -0.4 is 0 Å². The molecule has 0 aliphatic heterocycles. The molecule has 85 valence electrons. The van der Waals surface area contributed by atoms with Gasteiger partial charge in [0.25, 0.3) is 0 Å². The summed E-state index contributed by atoms with van der Waals surface area (Å²) in [6.45, 7) is 0. The largest absolute Gasteiger partial charge is 0.354 e. The predicted molar refractivity (Wildman–Crippen MR) is 64.7 cm³/mol. The van der Waals surface area contributed by atoms with Crippen LogP contribution in [0.25, 0.3) is 26.6 Å². The summed E-state index contributed by atoms with van der Waals surface area (Å²) in [4.78, 5) is 4.37. The van der Waals surface area contributed by atoms with Gasteiger partial charge in [0.2, 0.25) is 0 Å². The first kappa shape index (κ1) is 10.8. The SMILES string of the molecule is [Ir].[c-]1nsc2c1c1nccn1c1ccccc21. The number of aromatic nitrogens is 3. The van der Waals surface area contributed by atoms with Crippen LogP contribution in [0.2, 0.25) is 0 Å². The number of imidazole rings is 1. The number of fused-ring (bicyclic) bond motifs is 6. The van der Waals surface area contributed by atoms with Gasteiger partial charge < -0.3 is 9.38 Å². The van der Waals surface area contributed by atoms with Crippen LogP contribution in [0.5, 0.6) is 0 Å².